The van der Waals surface area contributed by atoms with Crippen molar-refractivity contribution in [2.75, 3.05) is 13.6 Å². The molecule has 0 unspecified atom stereocenters. The van der Waals surface area contributed by atoms with Crippen LogP contribution in [0, 0.1) is 10.1 Å². The number of nitro groups is 1. The van der Waals surface area contributed by atoms with Gasteiger partial charge in [-0.3, -0.25) is 10.1 Å². The van der Waals surface area contributed by atoms with Crippen LogP contribution in [0.1, 0.15) is 19.4 Å². The molecule has 0 radical (unpaired) electrons. The van der Waals surface area contributed by atoms with Crippen molar-refractivity contribution in [2.24, 2.45) is 0 Å². The molecular weight excluding hydrogens is 284 g/mol. The fraction of sp³-hybridized carbons (Fsp3) is 0.500. The van der Waals surface area contributed by atoms with Gasteiger partial charge in [0.25, 0.3) is 5.69 Å². The summed E-state index contributed by atoms with van der Waals surface area (Å²) in [6.45, 7) is 2.89. The van der Waals surface area contributed by atoms with Crippen LogP contribution in [0.3, 0.4) is 0 Å². The van der Waals surface area contributed by atoms with Crippen LogP contribution in [0.15, 0.2) is 24.3 Å². The lowest BCUT2D eigenvalue weighted by molar-refractivity contribution is -0.385. The van der Waals surface area contributed by atoms with E-state index in [0.717, 1.165) is 4.31 Å². The van der Waals surface area contributed by atoms with Crippen molar-refractivity contribution in [3.05, 3.63) is 39.9 Å². The minimum atomic E-state index is -3.73. The Bertz CT molecular complexity index is 592. The number of hydrogen-bond donors (Lipinski definition) is 1. The SMILES string of the molecule is CN(CC(C)(C)O)S(=O)(=O)Cc1ccccc1[N+](=O)[O-]. The number of rotatable bonds is 6. The third-order valence-electron chi connectivity index (χ3n) is 2.61. The van der Waals surface area contributed by atoms with Gasteiger partial charge in [-0.1, -0.05) is 18.2 Å². The highest BCUT2D eigenvalue weighted by Crippen LogP contribution is 2.21. The van der Waals surface area contributed by atoms with Gasteiger partial charge in [0.1, 0.15) is 0 Å². The summed E-state index contributed by atoms with van der Waals surface area (Å²) in [5, 5.41) is 20.5. The highest BCUT2D eigenvalue weighted by molar-refractivity contribution is 7.88. The van der Waals surface area contributed by atoms with E-state index in [9.17, 15) is 23.6 Å². The summed E-state index contributed by atoms with van der Waals surface area (Å²) in [6, 6.07) is 5.71. The molecule has 0 aliphatic carbocycles. The first kappa shape index (κ1) is 16.5. The number of aliphatic hydroxyl groups is 1. The second kappa shape index (κ2) is 5.86. The molecule has 20 heavy (non-hydrogen) atoms. The standard InChI is InChI=1S/C12H18N2O5S/c1-12(2,15)9-13(3)20(18,19)8-10-6-4-5-7-11(10)14(16)17/h4-7,15H,8-9H2,1-3H3. The van der Waals surface area contributed by atoms with Gasteiger partial charge >= 0.3 is 0 Å². The van der Waals surface area contributed by atoms with Crippen molar-refractivity contribution in [1.29, 1.82) is 0 Å². The molecule has 0 saturated carbocycles. The van der Waals surface area contributed by atoms with E-state index in [2.05, 4.69) is 0 Å². The molecule has 1 aromatic carbocycles. The number of nitrogens with zero attached hydrogens (tertiary/aromatic N) is 2. The fourth-order valence-corrected chi connectivity index (χ4v) is 3.13. The predicted octanol–water partition coefficient (Wildman–Crippen LogP) is 1.13. The Labute approximate surface area is 118 Å². The van der Waals surface area contributed by atoms with Gasteiger partial charge in [-0.05, 0) is 13.8 Å². The lowest BCUT2D eigenvalue weighted by Crippen LogP contribution is -2.40. The molecule has 0 fully saturated rings. The Kier molecular flexibility index (Phi) is 4.85. The molecule has 0 spiro atoms. The van der Waals surface area contributed by atoms with Crippen LogP contribution in [0.5, 0.6) is 0 Å². The van der Waals surface area contributed by atoms with Gasteiger partial charge in [-0.25, -0.2) is 12.7 Å². The molecule has 0 bridgehead atoms. The molecule has 0 atom stereocenters. The van der Waals surface area contributed by atoms with Crippen LogP contribution in [0.2, 0.25) is 0 Å². The average molecular weight is 302 g/mol. The minimum absolute atomic E-state index is 0.0873. The number of nitro benzene ring substituents is 1. The van der Waals surface area contributed by atoms with E-state index < -0.39 is 26.3 Å². The van der Waals surface area contributed by atoms with Crippen LogP contribution in [0.25, 0.3) is 0 Å². The largest absolute Gasteiger partial charge is 0.389 e. The summed E-state index contributed by atoms with van der Waals surface area (Å²) in [5.41, 5.74) is -1.28. The van der Waals surface area contributed by atoms with Gasteiger partial charge < -0.3 is 5.11 Å². The first-order chi connectivity index (χ1) is 9.03. The molecule has 0 aromatic heterocycles. The fourth-order valence-electron chi connectivity index (χ4n) is 1.76. The third-order valence-corrected chi connectivity index (χ3v) is 4.37. The third kappa shape index (κ3) is 4.55. The van der Waals surface area contributed by atoms with E-state index in [1.807, 2.05) is 0 Å². The molecule has 7 nitrogen and oxygen atoms in total. The predicted molar refractivity (Wildman–Crippen MR) is 74.6 cm³/mol. The van der Waals surface area contributed by atoms with Gasteiger partial charge in [-0.15, -0.1) is 0 Å². The maximum absolute atomic E-state index is 12.1. The summed E-state index contributed by atoms with van der Waals surface area (Å²) in [4.78, 5) is 10.3. The van der Waals surface area contributed by atoms with Crippen LogP contribution in [-0.2, 0) is 15.8 Å². The van der Waals surface area contributed by atoms with Crippen LogP contribution in [-0.4, -0.2) is 41.9 Å². The monoisotopic (exact) mass is 302 g/mol. The molecule has 1 aromatic rings. The zero-order valence-electron chi connectivity index (χ0n) is 11.6. The van der Waals surface area contributed by atoms with E-state index in [1.165, 1.54) is 39.1 Å². The van der Waals surface area contributed by atoms with E-state index in [1.54, 1.807) is 6.07 Å². The summed E-state index contributed by atoms with van der Waals surface area (Å²) >= 11 is 0. The maximum atomic E-state index is 12.1. The smallest absolute Gasteiger partial charge is 0.273 e. The molecule has 8 heteroatoms. The lowest BCUT2D eigenvalue weighted by atomic mass is 10.1. The van der Waals surface area contributed by atoms with Crippen LogP contribution >= 0.6 is 0 Å². The van der Waals surface area contributed by atoms with Crippen LogP contribution in [0.4, 0.5) is 5.69 Å². The van der Waals surface area contributed by atoms with Gasteiger partial charge in [0.2, 0.25) is 10.0 Å². The number of para-hydroxylation sites is 1. The van der Waals surface area contributed by atoms with Gasteiger partial charge in [0.05, 0.1) is 16.3 Å². The van der Waals surface area contributed by atoms with Gasteiger partial charge in [-0.2, -0.15) is 0 Å². The van der Waals surface area contributed by atoms with Crippen molar-refractivity contribution in [2.45, 2.75) is 25.2 Å². The summed E-state index contributed by atoms with van der Waals surface area (Å²) in [7, 11) is -2.40. The Morgan fingerprint density at radius 1 is 1.35 bits per heavy atom. The number of likely N-dealkylation sites (N-methyl/N-ethyl adjacent to an activating group) is 1. The molecular formula is C12H18N2O5S. The summed E-state index contributed by atoms with van der Waals surface area (Å²) < 4.78 is 25.3. The lowest BCUT2D eigenvalue weighted by Gasteiger charge is -2.25. The van der Waals surface area contributed by atoms with Crippen LogP contribution < -0.4 is 0 Å². The maximum Gasteiger partial charge on any atom is 0.273 e. The first-order valence-corrected chi connectivity index (χ1v) is 7.52. The topological polar surface area (TPSA) is 101 Å². The molecule has 1 rings (SSSR count). The minimum Gasteiger partial charge on any atom is -0.389 e. The molecule has 1 N–H and O–H groups in total. The molecule has 0 saturated heterocycles. The van der Waals surface area contributed by atoms with E-state index >= 15 is 0 Å². The van der Waals surface area contributed by atoms with E-state index in [4.69, 9.17) is 0 Å². The Morgan fingerprint density at radius 3 is 2.40 bits per heavy atom. The second-order valence-corrected chi connectivity index (χ2v) is 7.29. The first-order valence-electron chi connectivity index (χ1n) is 5.91. The average Bonchev–Trinajstić information content (AvgIpc) is 2.26. The zero-order valence-corrected chi connectivity index (χ0v) is 12.4. The molecule has 0 amide bonds. The van der Waals surface area contributed by atoms with E-state index in [0.29, 0.717) is 0 Å². The summed E-state index contributed by atoms with van der Waals surface area (Å²) in [5.74, 6) is -0.475. The normalized spacial score (nSPS) is 12.7. The molecule has 0 aliphatic rings. The second-order valence-electron chi connectivity index (χ2n) is 5.21. The molecule has 0 aliphatic heterocycles. The van der Waals surface area contributed by atoms with Crippen molar-refractivity contribution in [1.82, 2.24) is 4.31 Å². The summed E-state index contributed by atoms with van der Waals surface area (Å²) in [6.07, 6.45) is 0. The Hall–Kier alpha value is -1.51. The Morgan fingerprint density at radius 2 is 1.90 bits per heavy atom. The van der Waals surface area contributed by atoms with Gasteiger partial charge in [0.15, 0.2) is 0 Å². The highest BCUT2D eigenvalue weighted by atomic mass is 32.2. The van der Waals surface area contributed by atoms with Gasteiger partial charge in [0, 0.05) is 25.2 Å². The zero-order chi connectivity index (χ0) is 15.6. The van der Waals surface area contributed by atoms with E-state index in [-0.39, 0.29) is 17.8 Å². The Balaban J connectivity index is 3.00. The molecule has 0 heterocycles. The van der Waals surface area contributed by atoms with Crippen molar-refractivity contribution < 1.29 is 18.4 Å². The number of sulfonamides is 1. The number of benzene rings is 1. The number of hydrogen-bond acceptors (Lipinski definition) is 5. The van der Waals surface area contributed by atoms with Crippen molar-refractivity contribution in [3.63, 3.8) is 0 Å². The highest BCUT2D eigenvalue weighted by Gasteiger charge is 2.27. The van der Waals surface area contributed by atoms with Crippen molar-refractivity contribution in [3.8, 4) is 0 Å². The quantitative estimate of drug-likeness (QED) is 0.627. The molecule has 112 valence electrons. The van der Waals surface area contributed by atoms with Crippen molar-refractivity contribution >= 4 is 15.7 Å².